The van der Waals surface area contributed by atoms with Crippen molar-refractivity contribution in [2.24, 2.45) is 0 Å². The highest BCUT2D eigenvalue weighted by atomic mass is 32.1. The SMILES string of the molecule is CCOc1cccc(NC(=S)N[C@@H](C)c2ccc(OC)cc2)c1. The molecule has 5 heteroatoms. The first-order valence-corrected chi connectivity index (χ1v) is 7.97. The van der Waals surface area contributed by atoms with E-state index in [1.807, 2.05) is 55.5 Å². The van der Waals surface area contributed by atoms with Crippen LogP contribution in [0.3, 0.4) is 0 Å². The van der Waals surface area contributed by atoms with Crippen LogP contribution in [0.25, 0.3) is 0 Å². The highest BCUT2D eigenvalue weighted by Crippen LogP contribution is 2.19. The number of hydrogen-bond acceptors (Lipinski definition) is 3. The van der Waals surface area contributed by atoms with Crippen LogP contribution in [0.2, 0.25) is 0 Å². The summed E-state index contributed by atoms with van der Waals surface area (Å²) in [6, 6.07) is 15.8. The van der Waals surface area contributed by atoms with Crippen LogP contribution in [0.15, 0.2) is 48.5 Å². The van der Waals surface area contributed by atoms with Gasteiger partial charge in [-0.25, -0.2) is 0 Å². The van der Waals surface area contributed by atoms with E-state index < -0.39 is 0 Å². The van der Waals surface area contributed by atoms with Gasteiger partial charge in [0.05, 0.1) is 19.8 Å². The number of rotatable bonds is 6. The van der Waals surface area contributed by atoms with E-state index in [-0.39, 0.29) is 6.04 Å². The summed E-state index contributed by atoms with van der Waals surface area (Å²) >= 11 is 5.38. The molecule has 122 valence electrons. The van der Waals surface area contributed by atoms with Crippen LogP contribution in [0, 0.1) is 0 Å². The van der Waals surface area contributed by atoms with E-state index in [0.29, 0.717) is 11.7 Å². The van der Waals surface area contributed by atoms with E-state index in [1.165, 1.54) is 0 Å². The monoisotopic (exact) mass is 330 g/mol. The predicted octanol–water partition coefficient (Wildman–Crippen LogP) is 4.14. The summed E-state index contributed by atoms with van der Waals surface area (Å²) in [6.45, 7) is 4.66. The molecule has 0 spiro atoms. The molecule has 0 aliphatic rings. The summed E-state index contributed by atoms with van der Waals surface area (Å²) in [7, 11) is 1.66. The van der Waals surface area contributed by atoms with Crippen molar-refractivity contribution in [1.82, 2.24) is 5.32 Å². The molecule has 4 nitrogen and oxygen atoms in total. The van der Waals surface area contributed by atoms with Crippen molar-refractivity contribution in [3.63, 3.8) is 0 Å². The minimum Gasteiger partial charge on any atom is -0.497 e. The molecular formula is C18H22N2O2S. The number of nitrogens with one attached hydrogen (secondary N) is 2. The van der Waals surface area contributed by atoms with Gasteiger partial charge < -0.3 is 20.1 Å². The maximum Gasteiger partial charge on any atom is 0.171 e. The Balaban J connectivity index is 1.94. The lowest BCUT2D eigenvalue weighted by Gasteiger charge is -2.18. The molecular weight excluding hydrogens is 308 g/mol. The van der Waals surface area contributed by atoms with Crippen LogP contribution < -0.4 is 20.1 Å². The molecule has 1 atom stereocenters. The second kappa shape index (κ2) is 8.39. The van der Waals surface area contributed by atoms with Crippen LogP contribution in [0.1, 0.15) is 25.5 Å². The fourth-order valence-corrected chi connectivity index (χ4v) is 2.46. The average molecular weight is 330 g/mol. The first-order chi connectivity index (χ1) is 11.1. The van der Waals surface area contributed by atoms with Gasteiger partial charge in [-0.3, -0.25) is 0 Å². The second-order valence-corrected chi connectivity index (χ2v) is 5.46. The minimum atomic E-state index is 0.0935. The van der Waals surface area contributed by atoms with Gasteiger partial charge in [0.15, 0.2) is 5.11 Å². The quantitative estimate of drug-likeness (QED) is 0.779. The normalized spacial score (nSPS) is 11.4. The molecule has 0 bridgehead atoms. The maximum absolute atomic E-state index is 5.48. The molecule has 2 aromatic rings. The third-order valence-corrected chi connectivity index (χ3v) is 3.59. The lowest BCUT2D eigenvalue weighted by atomic mass is 10.1. The van der Waals surface area contributed by atoms with Gasteiger partial charge in [0, 0.05) is 11.8 Å². The van der Waals surface area contributed by atoms with Crippen LogP contribution in [-0.2, 0) is 0 Å². The van der Waals surface area contributed by atoms with Crippen molar-refractivity contribution in [3.8, 4) is 11.5 Å². The van der Waals surface area contributed by atoms with Crippen LogP contribution in [0.4, 0.5) is 5.69 Å². The zero-order valence-electron chi connectivity index (χ0n) is 13.6. The summed E-state index contributed by atoms with van der Waals surface area (Å²) in [6.07, 6.45) is 0. The number of thiocarbonyl (C=S) groups is 1. The fourth-order valence-electron chi connectivity index (χ4n) is 2.17. The summed E-state index contributed by atoms with van der Waals surface area (Å²) < 4.78 is 10.7. The van der Waals surface area contributed by atoms with E-state index in [0.717, 1.165) is 22.7 Å². The molecule has 23 heavy (non-hydrogen) atoms. The Morgan fingerprint density at radius 1 is 1.13 bits per heavy atom. The van der Waals surface area contributed by atoms with Gasteiger partial charge in [0.25, 0.3) is 0 Å². The second-order valence-electron chi connectivity index (χ2n) is 5.05. The van der Waals surface area contributed by atoms with Crippen LogP contribution in [0.5, 0.6) is 11.5 Å². The molecule has 0 aromatic heterocycles. The standard InChI is InChI=1S/C18H22N2O2S/c1-4-22-17-7-5-6-15(12-17)20-18(23)19-13(2)14-8-10-16(21-3)11-9-14/h5-13H,4H2,1-3H3,(H2,19,20,23)/t13-/m0/s1. The van der Waals surface area contributed by atoms with E-state index in [4.69, 9.17) is 21.7 Å². The smallest absolute Gasteiger partial charge is 0.171 e. The number of ether oxygens (including phenoxy) is 2. The van der Waals surface area contributed by atoms with E-state index >= 15 is 0 Å². The number of anilines is 1. The van der Waals surface area contributed by atoms with Gasteiger partial charge in [-0.2, -0.15) is 0 Å². The van der Waals surface area contributed by atoms with Crippen molar-refractivity contribution in [3.05, 3.63) is 54.1 Å². The summed E-state index contributed by atoms with van der Waals surface area (Å²) in [5, 5.41) is 7.02. The molecule has 2 N–H and O–H groups in total. The molecule has 0 radical (unpaired) electrons. The molecule has 0 fully saturated rings. The molecule has 0 saturated carbocycles. The topological polar surface area (TPSA) is 42.5 Å². The van der Waals surface area contributed by atoms with E-state index in [2.05, 4.69) is 17.6 Å². The Kier molecular flexibility index (Phi) is 6.23. The zero-order valence-corrected chi connectivity index (χ0v) is 14.4. The average Bonchev–Trinajstić information content (AvgIpc) is 2.55. The van der Waals surface area contributed by atoms with Gasteiger partial charge in [-0.15, -0.1) is 0 Å². The van der Waals surface area contributed by atoms with Crippen LogP contribution in [-0.4, -0.2) is 18.8 Å². The number of methoxy groups -OCH3 is 1. The number of benzene rings is 2. The number of hydrogen-bond donors (Lipinski definition) is 2. The van der Waals surface area contributed by atoms with Gasteiger partial charge in [0.2, 0.25) is 0 Å². The van der Waals surface area contributed by atoms with Gasteiger partial charge in [0.1, 0.15) is 11.5 Å². The lowest BCUT2D eigenvalue weighted by molar-refractivity contribution is 0.340. The highest BCUT2D eigenvalue weighted by molar-refractivity contribution is 7.80. The van der Waals surface area contributed by atoms with E-state index in [9.17, 15) is 0 Å². The van der Waals surface area contributed by atoms with Gasteiger partial charge in [-0.1, -0.05) is 18.2 Å². The van der Waals surface area contributed by atoms with Crippen molar-refractivity contribution >= 4 is 23.0 Å². The summed E-state index contributed by atoms with van der Waals surface area (Å²) in [5.41, 5.74) is 2.04. The van der Waals surface area contributed by atoms with Crippen molar-refractivity contribution < 1.29 is 9.47 Å². The third-order valence-electron chi connectivity index (χ3n) is 3.37. The Morgan fingerprint density at radius 2 is 1.87 bits per heavy atom. The zero-order chi connectivity index (χ0) is 16.7. The summed E-state index contributed by atoms with van der Waals surface area (Å²) in [5.74, 6) is 1.66. The lowest BCUT2D eigenvalue weighted by Crippen LogP contribution is -2.30. The largest absolute Gasteiger partial charge is 0.497 e. The molecule has 2 rings (SSSR count). The first kappa shape index (κ1) is 17.1. The van der Waals surface area contributed by atoms with Crippen molar-refractivity contribution in [1.29, 1.82) is 0 Å². The molecule has 0 aliphatic carbocycles. The highest BCUT2D eigenvalue weighted by Gasteiger charge is 2.07. The Morgan fingerprint density at radius 3 is 2.52 bits per heavy atom. The molecule has 0 heterocycles. The Bertz CT molecular complexity index is 644. The molecule has 0 saturated heterocycles. The fraction of sp³-hybridized carbons (Fsp3) is 0.278. The third kappa shape index (κ3) is 5.14. The van der Waals surface area contributed by atoms with E-state index in [1.54, 1.807) is 7.11 Å². The van der Waals surface area contributed by atoms with Crippen LogP contribution >= 0.6 is 12.2 Å². The van der Waals surface area contributed by atoms with Gasteiger partial charge >= 0.3 is 0 Å². The molecule has 2 aromatic carbocycles. The Labute approximate surface area is 142 Å². The molecule has 0 amide bonds. The first-order valence-electron chi connectivity index (χ1n) is 7.56. The predicted molar refractivity (Wildman–Crippen MR) is 98.4 cm³/mol. The maximum atomic E-state index is 5.48. The molecule has 0 unspecified atom stereocenters. The Hall–Kier alpha value is -2.27. The minimum absolute atomic E-state index is 0.0935. The summed E-state index contributed by atoms with van der Waals surface area (Å²) in [4.78, 5) is 0. The van der Waals surface area contributed by atoms with Gasteiger partial charge in [-0.05, 0) is 55.9 Å². The van der Waals surface area contributed by atoms with Crippen molar-refractivity contribution in [2.45, 2.75) is 19.9 Å². The molecule has 0 aliphatic heterocycles. The van der Waals surface area contributed by atoms with Crippen molar-refractivity contribution in [2.75, 3.05) is 19.0 Å².